The van der Waals surface area contributed by atoms with E-state index in [2.05, 4.69) is 26.2 Å². The van der Waals surface area contributed by atoms with Crippen molar-refractivity contribution >= 4 is 11.3 Å². The highest BCUT2D eigenvalue weighted by molar-refractivity contribution is 7.13. The molecule has 4 nitrogen and oxygen atoms in total. The minimum Gasteiger partial charge on any atom is -0.264 e. The molecule has 0 bridgehead atoms. The molecule has 5 heteroatoms. The SMILES string of the molecule is c1cncc(CCc2nc(-c3cccs3)n[nH]2)c1. The lowest BCUT2D eigenvalue weighted by molar-refractivity contribution is 0.861. The van der Waals surface area contributed by atoms with E-state index in [1.807, 2.05) is 29.8 Å². The standard InChI is InChI=1S/C13H12N4S/c1-3-10(9-14-7-1)5-6-12-15-13(17-16-12)11-4-2-8-18-11/h1-4,7-9H,5-6H2,(H,15,16,17). The topological polar surface area (TPSA) is 54.5 Å². The first-order valence-electron chi connectivity index (χ1n) is 5.76. The molecular formula is C13H12N4S. The van der Waals surface area contributed by atoms with Gasteiger partial charge in [-0.15, -0.1) is 11.3 Å². The van der Waals surface area contributed by atoms with Crippen LogP contribution in [0, 0.1) is 0 Å². The Bertz CT molecular complexity index is 601. The first kappa shape index (κ1) is 11.1. The van der Waals surface area contributed by atoms with Crippen LogP contribution in [0.4, 0.5) is 0 Å². The Hall–Kier alpha value is -2.01. The van der Waals surface area contributed by atoms with E-state index >= 15 is 0 Å². The van der Waals surface area contributed by atoms with Crippen molar-refractivity contribution < 1.29 is 0 Å². The maximum atomic E-state index is 4.49. The van der Waals surface area contributed by atoms with Gasteiger partial charge in [-0.05, 0) is 29.5 Å². The third-order valence-electron chi connectivity index (χ3n) is 2.65. The van der Waals surface area contributed by atoms with Crippen LogP contribution < -0.4 is 0 Å². The highest BCUT2D eigenvalue weighted by Gasteiger charge is 2.06. The van der Waals surface area contributed by atoms with Gasteiger partial charge in [0.2, 0.25) is 0 Å². The molecule has 3 rings (SSSR count). The van der Waals surface area contributed by atoms with E-state index in [0.717, 1.165) is 29.4 Å². The maximum absolute atomic E-state index is 4.49. The Morgan fingerprint density at radius 1 is 1.17 bits per heavy atom. The molecule has 0 fully saturated rings. The Labute approximate surface area is 109 Å². The summed E-state index contributed by atoms with van der Waals surface area (Å²) in [5.74, 6) is 1.70. The molecule has 90 valence electrons. The molecule has 0 saturated carbocycles. The zero-order valence-electron chi connectivity index (χ0n) is 9.71. The number of H-pyrrole nitrogens is 1. The summed E-state index contributed by atoms with van der Waals surface area (Å²) in [6.45, 7) is 0. The number of hydrogen-bond acceptors (Lipinski definition) is 4. The van der Waals surface area contributed by atoms with E-state index in [0.29, 0.717) is 0 Å². The van der Waals surface area contributed by atoms with Gasteiger partial charge in [0.05, 0.1) is 4.88 Å². The third-order valence-corrected chi connectivity index (χ3v) is 3.51. The predicted octanol–water partition coefficient (Wildman–Crippen LogP) is 2.71. The Kier molecular flexibility index (Phi) is 3.14. The van der Waals surface area contributed by atoms with Gasteiger partial charge in [-0.25, -0.2) is 4.98 Å². The minimum absolute atomic E-state index is 0.784. The molecule has 0 atom stereocenters. The summed E-state index contributed by atoms with van der Waals surface area (Å²) in [4.78, 5) is 9.69. The zero-order chi connectivity index (χ0) is 12.2. The number of aromatic nitrogens is 4. The summed E-state index contributed by atoms with van der Waals surface area (Å²) >= 11 is 1.65. The van der Waals surface area contributed by atoms with Crippen molar-refractivity contribution in [2.24, 2.45) is 0 Å². The zero-order valence-corrected chi connectivity index (χ0v) is 10.5. The molecule has 0 aliphatic rings. The van der Waals surface area contributed by atoms with Gasteiger partial charge in [0.15, 0.2) is 5.82 Å². The van der Waals surface area contributed by atoms with E-state index in [-0.39, 0.29) is 0 Å². The molecule has 0 aromatic carbocycles. The Morgan fingerprint density at radius 2 is 2.17 bits per heavy atom. The number of thiophene rings is 1. The summed E-state index contributed by atoms with van der Waals surface area (Å²) in [5.41, 5.74) is 1.21. The molecule has 0 aliphatic heterocycles. The number of nitrogens with zero attached hydrogens (tertiary/aromatic N) is 3. The van der Waals surface area contributed by atoms with Crippen molar-refractivity contribution in [3.05, 3.63) is 53.4 Å². The molecule has 0 unspecified atom stereocenters. The fourth-order valence-corrected chi connectivity index (χ4v) is 2.39. The summed E-state index contributed by atoms with van der Waals surface area (Å²) in [6, 6.07) is 8.06. The number of nitrogens with one attached hydrogen (secondary N) is 1. The number of aromatic amines is 1. The second kappa shape index (κ2) is 5.10. The number of hydrogen-bond donors (Lipinski definition) is 1. The van der Waals surface area contributed by atoms with Gasteiger partial charge in [-0.2, -0.15) is 5.10 Å². The largest absolute Gasteiger partial charge is 0.264 e. The molecule has 3 aromatic heterocycles. The normalized spacial score (nSPS) is 10.7. The van der Waals surface area contributed by atoms with Gasteiger partial charge in [0.1, 0.15) is 5.82 Å². The van der Waals surface area contributed by atoms with Gasteiger partial charge < -0.3 is 0 Å². The first-order valence-corrected chi connectivity index (χ1v) is 6.64. The van der Waals surface area contributed by atoms with Gasteiger partial charge in [-0.1, -0.05) is 12.1 Å². The van der Waals surface area contributed by atoms with Crippen molar-refractivity contribution in [2.75, 3.05) is 0 Å². The average Bonchev–Trinajstić information content (AvgIpc) is 3.08. The van der Waals surface area contributed by atoms with E-state index < -0.39 is 0 Å². The van der Waals surface area contributed by atoms with Crippen LogP contribution in [0.3, 0.4) is 0 Å². The second-order valence-electron chi connectivity index (χ2n) is 3.94. The van der Waals surface area contributed by atoms with Gasteiger partial charge >= 0.3 is 0 Å². The van der Waals surface area contributed by atoms with Gasteiger partial charge in [-0.3, -0.25) is 10.1 Å². The van der Waals surface area contributed by atoms with Crippen molar-refractivity contribution in [2.45, 2.75) is 12.8 Å². The van der Waals surface area contributed by atoms with E-state index in [1.54, 1.807) is 17.5 Å². The smallest absolute Gasteiger partial charge is 0.191 e. The molecule has 0 spiro atoms. The van der Waals surface area contributed by atoms with Crippen LogP contribution in [-0.4, -0.2) is 20.2 Å². The summed E-state index contributed by atoms with van der Waals surface area (Å²) in [6.07, 6.45) is 5.44. The van der Waals surface area contributed by atoms with Crippen LogP contribution in [0.25, 0.3) is 10.7 Å². The highest BCUT2D eigenvalue weighted by Crippen LogP contribution is 2.20. The molecule has 0 amide bonds. The molecule has 3 heterocycles. The lowest BCUT2D eigenvalue weighted by atomic mass is 10.1. The lowest BCUT2D eigenvalue weighted by Crippen LogP contribution is -1.93. The number of rotatable bonds is 4. The highest BCUT2D eigenvalue weighted by atomic mass is 32.1. The molecule has 3 aromatic rings. The van der Waals surface area contributed by atoms with Crippen LogP contribution in [0.2, 0.25) is 0 Å². The molecular weight excluding hydrogens is 244 g/mol. The van der Waals surface area contributed by atoms with E-state index in [4.69, 9.17) is 0 Å². The summed E-state index contributed by atoms with van der Waals surface area (Å²) < 4.78 is 0. The van der Waals surface area contributed by atoms with Crippen LogP contribution in [0.5, 0.6) is 0 Å². The summed E-state index contributed by atoms with van der Waals surface area (Å²) in [7, 11) is 0. The number of aryl methyl sites for hydroxylation is 2. The van der Waals surface area contributed by atoms with Crippen LogP contribution in [0.1, 0.15) is 11.4 Å². The molecule has 1 N–H and O–H groups in total. The predicted molar refractivity (Wildman–Crippen MR) is 71.3 cm³/mol. The molecule has 0 radical (unpaired) electrons. The average molecular weight is 256 g/mol. The molecule has 0 saturated heterocycles. The fraction of sp³-hybridized carbons (Fsp3) is 0.154. The van der Waals surface area contributed by atoms with Gasteiger partial charge in [0, 0.05) is 18.8 Å². The van der Waals surface area contributed by atoms with Crippen molar-refractivity contribution in [1.29, 1.82) is 0 Å². The second-order valence-corrected chi connectivity index (χ2v) is 4.89. The first-order chi connectivity index (χ1) is 8.92. The fourth-order valence-electron chi connectivity index (χ4n) is 1.73. The maximum Gasteiger partial charge on any atom is 0.191 e. The van der Waals surface area contributed by atoms with Crippen molar-refractivity contribution in [3.63, 3.8) is 0 Å². The number of pyridine rings is 1. The summed E-state index contributed by atoms with van der Waals surface area (Å²) in [5, 5.41) is 9.25. The van der Waals surface area contributed by atoms with E-state index in [1.165, 1.54) is 5.56 Å². The van der Waals surface area contributed by atoms with Crippen molar-refractivity contribution in [3.8, 4) is 10.7 Å². The van der Waals surface area contributed by atoms with Gasteiger partial charge in [0.25, 0.3) is 0 Å². The van der Waals surface area contributed by atoms with Crippen molar-refractivity contribution in [1.82, 2.24) is 20.2 Å². The van der Waals surface area contributed by atoms with Crippen LogP contribution >= 0.6 is 11.3 Å². The molecule has 18 heavy (non-hydrogen) atoms. The Balaban J connectivity index is 1.68. The van der Waals surface area contributed by atoms with Crippen LogP contribution in [-0.2, 0) is 12.8 Å². The quantitative estimate of drug-likeness (QED) is 0.781. The monoisotopic (exact) mass is 256 g/mol. The van der Waals surface area contributed by atoms with E-state index in [9.17, 15) is 0 Å². The third kappa shape index (κ3) is 2.46. The van der Waals surface area contributed by atoms with Crippen LogP contribution in [0.15, 0.2) is 42.0 Å². The lowest BCUT2D eigenvalue weighted by Gasteiger charge is -1.96. The molecule has 0 aliphatic carbocycles. The minimum atomic E-state index is 0.784. The Morgan fingerprint density at radius 3 is 2.94 bits per heavy atom.